The van der Waals surface area contributed by atoms with Crippen LogP contribution in [0.25, 0.3) is 5.57 Å². The Hall–Kier alpha value is -1.52. The van der Waals surface area contributed by atoms with Crippen LogP contribution in [-0.2, 0) is 19.1 Å². The summed E-state index contributed by atoms with van der Waals surface area (Å²) in [6, 6.07) is 4.84. The lowest BCUT2D eigenvalue weighted by Gasteiger charge is -2.33. The smallest absolute Gasteiger partial charge is 0.343 e. The van der Waals surface area contributed by atoms with Crippen molar-refractivity contribution in [3.63, 3.8) is 0 Å². The largest absolute Gasteiger partial charge is 0.447 e. The predicted molar refractivity (Wildman–Crippen MR) is 87.1 cm³/mol. The molecule has 1 aromatic rings. The molecule has 0 amide bonds. The molecule has 1 spiro atoms. The standard InChI is InChI=1S/C17H16Cl2O4/c1-10(20)22-15-14(12-6-5-11(18)9-13(12)19)16(21)23-17(15)7-3-2-4-8-17/h5-6,9H,2-4,7-8H2,1H3. The summed E-state index contributed by atoms with van der Waals surface area (Å²) in [6.45, 7) is 1.31. The van der Waals surface area contributed by atoms with E-state index in [0.29, 0.717) is 34.2 Å². The van der Waals surface area contributed by atoms with E-state index in [2.05, 4.69) is 0 Å². The van der Waals surface area contributed by atoms with Crippen LogP contribution in [0, 0.1) is 0 Å². The molecule has 0 unspecified atom stereocenters. The SMILES string of the molecule is CC(=O)OC1=C(c2ccc(Cl)cc2Cl)C(=O)OC12CCCCC2. The van der Waals surface area contributed by atoms with Gasteiger partial charge in [0.25, 0.3) is 0 Å². The molecule has 122 valence electrons. The summed E-state index contributed by atoms with van der Waals surface area (Å²) < 4.78 is 11.1. The van der Waals surface area contributed by atoms with Crippen LogP contribution in [0.5, 0.6) is 0 Å². The van der Waals surface area contributed by atoms with Gasteiger partial charge in [-0.1, -0.05) is 35.7 Å². The van der Waals surface area contributed by atoms with E-state index < -0.39 is 17.5 Å². The molecule has 0 radical (unpaired) electrons. The zero-order valence-electron chi connectivity index (χ0n) is 12.7. The molecule has 1 aliphatic carbocycles. The minimum absolute atomic E-state index is 0.226. The van der Waals surface area contributed by atoms with Gasteiger partial charge in [0.2, 0.25) is 0 Å². The molecule has 4 nitrogen and oxygen atoms in total. The van der Waals surface area contributed by atoms with Gasteiger partial charge < -0.3 is 9.47 Å². The van der Waals surface area contributed by atoms with Crippen molar-refractivity contribution in [1.29, 1.82) is 0 Å². The summed E-state index contributed by atoms with van der Waals surface area (Å²) in [7, 11) is 0. The number of benzene rings is 1. The van der Waals surface area contributed by atoms with Crippen LogP contribution >= 0.6 is 23.2 Å². The zero-order chi connectivity index (χ0) is 16.6. The molecule has 1 aliphatic heterocycles. The van der Waals surface area contributed by atoms with Gasteiger partial charge in [-0.25, -0.2) is 4.79 Å². The Morgan fingerprint density at radius 3 is 2.52 bits per heavy atom. The van der Waals surface area contributed by atoms with Crippen molar-refractivity contribution in [2.75, 3.05) is 0 Å². The molecule has 1 heterocycles. The van der Waals surface area contributed by atoms with Crippen LogP contribution in [-0.4, -0.2) is 17.5 Å². The highest BCUT2D eigenvalue weighted by Gasteiger charge is 2.51. The molecule has 0 aromatic heterocycles. The van der Waals surface area contributed by atoms with Gasteiger partial charge in [-0.3, -0.25) is 4.79 Å². The van der Waals surface area contributed by atoms with Crippen molar-refractivity contribution in [3.05, 3.63) is 39.6 Å². The molecular weight excluding hydrogens is 339 g/mol. The number of hydrogen-bond acceptors (Lipinski definition) is 4. The molecule has 6 heteroatoms. The van der Waals surface area contributed by atoms with Crippen molar-refractivity contribution in [3.8, 4) is 0 Å². The molecular formula is C17H16Cl2O4. The Morgan fingerprint density at radius 2 is 1.91 bits per heavy atom. The highest BCUT2D eigenvalue weighted by atomic mass is 35.5. The maximum Gasteiger partial charge on any atom is 0.343 e. The summed E-state index contributed by atoms with van der Waals surface area (Å²) in [6.07, 6.45) is 4.20. The third-order valence-electron chi connectivity index (χ3n) is 4.24. The first-order valence-electron chi connectivity index (χ1n) is 7.55. The predicted octanol–water partition coefficient (Wildman–Crippen LogP) is 4.53. The van der Waals surface area contributed by atoms with Crippen molar-refractivity contribution in [2.45, 2.75) is 44.6 Å². The molecule has 2 aliphatic rings. The van der Waals surface area contributed by atoms with Crippen LogP contribution in [0.4, 0.5) is 0 Å². The van der Waals surface area contributed by atoms with Crippen molar-refractivity contribution >= 4 is 40.7 Å². The van der Waals surface area contributed by atoms with Gasteiger partial charge in [-0.15, -0.1) is 0 Å². The van der Waals surface area contributed by atoms with E-state index >= 15 is 0 Å². The van der Waals surface area contributed by atoms with Crippen LogP contribution in [0.3, 0.4) is 0 Å². The lowest BCUT2D eigenvalue weighted by atomic mass is 9.82. The zero-order valence-corrected chi connectivity index (χ0v) is 14.2. The third-order valence-corrected chi connectivity index (χ3v) is 4.79. The average Bonchev–Trinajstić information content (AvgIpc) is 2.72. The van der Waals surface area contributed by atoms with Gasteiger partial charge in [0, 0.05) is 17.5 Å². The first-order chi connectivity index (χ1) is 10.9. The second-order valence-electron chi connectivity index (χ2n) is 5.87. The van der Waals surface area contributed by atoms with E-state index in [1.165, 1.54) is 6.92 Å². The van der Waals surface area contributed by atoms with E-state index in [1.807, 2.05) is 0 Å². The second-order valence-corrected chi connectivity index (χ2v) is 6.71. The number of ether oxygens (including phenoxy) is 2. The Labute approximate surface area is 144 Å². The minimum atomic E-state index is -0.848. The van der Waals surface area contributed by atoms with Crippen molar-refractivity contribution in [2.24, 2.45) is 0 Å². The summed E-state index contributed by atoms with van der Waals surface area (Å²) in [5, 5.41) is 0.786. The number of hydrogen-bond donors (Lipinski definition) is 0. The molecule has 0 atom stereocenters. The van der Waals surface area contributed by atoms with Crippen molar-refractivity contribution < 1.29 is 19.1 Å². The van der Waals surface area contributed by atoms with Crippen LogP contribution in [0.1, 0.15) is 44.6 Å². The summed E-state index contributed by atoms with van der Waals surface area (Å²) in [5.41, 5.74) is -0.150. The molecule has 23 heavy (non-hydrogen) atoms. The number of rotatable bonds is 2. The third kappa shape index (κ3) is 2.98. The van der Waals surface area contributed by atoms with E-state index in [0.717, 1.165) is 19.3 Å². The Morgan fingerprint density at radius 1 is 1.22 bits per heavy atom. The van der Waals surface area contributed by atoms with Crippen LogP contribution in [0.15, 0.2) is 24.0 Å². The lowest BCUT2D eigenvalue weighted by molar-refractivity contribution is -0.154. The van der Waals surface area contributed by atoms with Gasteiger partial charge in [0.1, 0.15) is 5.57 Å². The Balaban J connectivity index is 2.16. The minimum Gasteiger partial charge on any atom is -0.447 e. The molecule has 0 saturated heterocycles. The van der Waals surface area contributed by atoms with Gasteiger partial charge >= 0.3 is 11.9 Å². The first-order valence-corrected chi connectivity index (χ1v) is 8.30. The van der Waals surface area contributed by atoms with Crippen LogP contribution < -0.4 is 0 Å². The quantitative estimate of drug-likeness (QED) is 0.732. The van der Waals surface area contributed by atoms with Gasteiger partial charge in [0.15, 0.2) is 11.4 Å². The normalized spacial score (nSPS) is 19.9. The Bertz CT molecular complexity index is 703. The fraction of sp³-hybridized carbons (Fsp3) is 0.412. The van der Waals surface area contributed by atoms with Crippen molar-refractivity contribution in [1.82, 2.24) is 0 Å². The fourth-order valence-corrected chi connectivity index (χ4v) is 3.76. The Kier molecular flexibility index (Phi) is 4.39. The molecule has 3 rings (SSSR count). The topological polar surface area (TPSA) is 52.6 Å². The van der Waals surface area contributed by atoms with Gasteiger partial charge in [0.05, 0.1) is 5.02 Å². The first kappa shape index (κ1) is 16.3. The summed E-state index contributed by atoms with van der Waals surface area (Å²) in [4.78, 5) is 24.1. The second kappa shape index (κ2) is 6.17. The molecule has 0 bridgehead atoms. The maximum atomic E-state index is 12.5. The number of carbonyl (C=O) groups is 2. The molecule has 0 N–H and O–H groups in total. The lowest BCUT2D eigenvalue weighted by Crippen LogP contribution is -2.36. The van der Waals surface area contributed by atoms with E-state index in [9.17, 15) is 9.59 Å². The summed E-state index contributed by atoms with van der Waals surface area (Å²) in [5.74, 6) is -0.697. The number of esters is 2. The van der Waals surface area contributed by atoms with Crippen LogP contribution in [0.2, 0.25) is 10.0 Å². The molecule has 1 fully saturated rings. The van der Waals surface area contributed by atoms with E-state index in [1.54, 1.807) is 18.2 Å². The molecule has 1 saturated carbocycles. The van der Waals surface area contributed by atoms with E-state index in [4.69, 9.17) is 32.7 Å². The average molecular weight is 355 g/mol. The fourth-order valence-electron chi connectivity index (χ4n) is 3.26. The van der Waals surface area contributed by atoms with Gasteiger partial charge in [-0.05, 0) is 37.8 Å². The van der Waals surface area contributed by atoms with Gasteiger partial charge in [-0.2, -0.15) is 0 Å². The number of halogens is 2. The highest BCUT2D eigenvalue weighted by Crippen LogP contribution is 2.48. The van der Waals surface area contributed by atoms with E-state index in [-0.39, 0.29) is 5.57 Å². The summed E-state index contributed by atoms with van der Waals surface area (Å²) >= 11 is 12.2. The number of carbonyl (C=O) groups excluding carboxylic acids is 2. The maximum absolute atomic E-state index is 12.5. The highest BCUT2D eigenvalue weighted by molar-refractivity contribution is 6.37. The monoisotopic (exact) mass is 354 g/mol. The molecule has 1 aromatic carbocycles.